The molecule has 2 aromatic carbocycles. The summed E-state index contributed by atoms with van der Waals surface area (Å²) in [6, 6.07) is 12.2. The summed E-state index contributed by atoms with van der Waals surface area (Å²) in [6.45, 7) is 1.79. The summed E-state index contributed by atoms with van der Waals surface area (Å²) < 4.78 is 9.67. The number of hydrogen-bond donors (Lipinski definition) is 2. The number of methoxy groups -OCH3 is 1. The number of carbonyl (C=O) groups is 2. The third kappa shape index (κ3) is 4.00. The van der Waals surface area contributed by atoms with E-state index in [1.165, 1.54) is 13.2 Å². The van der Waals surface area contributed by atoms with Gasteiger partial charge in [-0.3, -0.25) is 5.32 Å². The molecule has 0 aliphatic carbocycles. The van der Waals surface area contributed by atoms with Crippen molar-refractivity contribution in [1.82, 2.24) is 0 Å². The summed E-state index contributed by atoms with van der Waals surface area (Å²) in [6.07, 6.45) is -0.728. The van der Waals surface area contributed by atoms with E-state index in [4.69, 9.17) is 4.74 Å². The molecule has 2 rings (SSSR count). The number of amides is 1. The summed E-state index contributed by atoms with van der Waals surface area (Å²) in [5.74, 6) is -1.04. The van der Waals surface area contributed by atoms with Gasteiger partial charge in [-0.25, -0.2) is 9.59 Å². The van der Waals surface area contributed by atoms with Crippen LogP contribution in [0.25, 0.3) is 0 Å². The number of nitrogens with one attached hydrogen (secondary N) is 1. The first kappa shape index (κ1) is 16.4. The maximum absolute atomic E-state index is 11.9. The molecule has 0 spiro atoms. The Morgan fingerprint density at radius 3 is 2.48 bits per heavy atom. The molecule has 0 fully saturated rings. The Balaban J connectivity index is 2.10. The molecular weight excluding hydrogens is 298 g/mol. The summed E-state index contributed by atoms with van der Waals surface area (Å²) in [7, 11) is 1.21. The van der Waals surface area contributed by atoms with Crippen LogP contribution in [0.4, 0.5) is 10.5 Å². The van der Waals surface area contributed by atoms with Crippen molar-refractivity contribution in [3.05, 3.63) is 59.2 Å². The van der Waals surface area contributed by atoms with E-state index in [1.807, 2.05) is 30.3 Å². The normalized spacial score (nSPS) is 10.0. The van der Waals surface area contributed by atoms with Crippen LogP contribution in [0.2, 0.25) is 0 Å². The standard InChI is InChI=1S/C17H17NO5/c1-11-8-9-13(16(20)22-2)15(19)14(11)18-17(21)23-10-12-6-4-3-5-7-12/h3-9,19H,10H2,1-2H3,(H,18,21). The predicted octanol–water partition coefficient (Wildman–Crippen LogP) is 3.24. The van der Waals surface area contributed by atoms with Gasteiger partial charge in [-0.05, 0) is 24.1 Å². The quantitative estimate of drug-likeness (QED) is 0.668. The Kier molecular flexibility index (Phi) is 5.19. The average molecular weight is 315 g/mol. The van der Waals surface area contributed by atoms with E-state index in [2.05, 4.69) is 10.1 Å². The molecule has 6 heteroatoms. The van der Waals surface area contributed by atoms with Crippen molar-refractivity contribution in [2.45, 2.75) is 13.5 Å². The molecule has 0 saturated heterocycles. The molecule has 6 nitrogen and oxygen atoms in total. The van der Waals surface area contributed by atoms with Crippen LogP contribution < -0.4 is 5.32 Å². The highest BCUT2D eigenvalue weighted by molar-refractivity contribution is 5.97. The second-order valence-electron chi connectivity index (χ2n) is 4.83. The van der Waals surface area contributed by atoms with Gasteiger partial charge in [-0.2, -0.15) is 0 Å². The van der Waals surface area contributed by atoms with Crippen LogP contribution in [-0.4, -0.2) is 24.3 Å². The topological polar surface area (TPSA) is 84.9 Å². The lowest BCUT2D eigenvalue weighted by atomic mass is 10.1. The highest BCUT2D eigenvalue weighted by Crippen LogP contribution is 2.31. The van der Waals surface area contributed by atoms with E-state index in [-0.39, 0.29) is 23.6 Å². The average Bonchev–Trinajstić information content (AvgIpc) is 2.57. The largest absolute Gasteiger partial charge is 0.505 e. The van der Waals surface area contributed by atoms with Crippen LogP contribution >= 0.6 is 0 Å². The van der Waals surface area contributed by atoms with Gasteiger partial charge in [-0.15, -0.1) is 0 Å². The van der Waals surface area contributed by atoms with E-state index < -0.39 is 12.1 Å². The summed E-state index contributed by atoms with van der Waals surface area (Å²) in [5.41, 5.74) is 1.51. The Labute approximate surface area is 133 Å². The number of carbonyl (C=O) groups excluding carboxylic acids is 2. The molecule has 1 amide bonds. The molecule has 2 N–H and O–H groups in total. The van der Waals surface area contributed by atoms with Gasteiger partial charge < -0.3 is 14.6 Å². The fourth-order valence-corrected chi connectivity index (χ4v) is 1.99. The maximum Gasteiger partial charge on any atom is 0.412 e. The first-order valence-electron chi connectivity index (χ1n) is 6.91. The van der Waals surface area contributed by atoms with Crippen LogP contribution in [0.3, 0.4) is 0 Å². The van der Waals surface area contributed by atoms with Crippen molar-refractivity contribution in [1.29, 1.82) is 0 Å². The lowest BCUT2D eigenvalue weighted by Gasteiger charge is -2.13. The first-order chi connectivity index (χ1) is 11.0. The molecule has 0 aliphatic rings. The highest BCUT2D eigenvalue weighted by Gasteiger charge is 2.18. The zero-order valence-corrected chi connectivity index (χ0v) is 12.8. The van der Waals surface area contributed by atoms with Gasteiger partial charge in [0.05, 0.1) is 12.8 Å². The van der Waals surface area contributed by atoms with Gasteiger partial charge in [0.25, 0.3) is 0 Å². The molecule has 0 unspecified atom stereocenters. The number of ether oxygens (including phenoxy) is 2. The van der Waals surface area contributed by atoms with Crippen LogP contribution in [0, 0.1) is 6.92 Å². The Bertz CT molecular complexity index is 712. The highest BCUT2D eigenvalue weighted by atomic mass is 16.5. The third-order valence-corrected chi connectivity index (χ3v) is 3.23. The summed E-state index contributed by atoms with van der Waals surface area (Å²) in [5, 5.41) is 12.6. The monoisotopic (exact) mass is 315 g/mol. The van der Waals surface area contributed by atoms with Gasteiger partial charge in [0, 0.05) is 0 Å². The summed E-state index contributed by atoms with van der Waals surface area (Å²) >= 11 is 0. The number of benzene rings is 2. The SMILES string of the molecule is COC(=O)c1ccc(C)c(NC(=O)OCc2ccccc2)c1O. The number of aryl methyl sites for hydroxylation is 1. The van der Waals surface area contributed by atoms with Crippen molar-refractivity contribution in [2.24, 2.45) is 0 Å². The minimum atomic E-state index is -0.728. The summed E-state index contributed by atoms with van der Waals surface area (Å²) in [4.78, 5) is 23.4. The van der Waals surface area contributed by atoms with Crippen LogP contribution in [0.5, 0.6) is 5.75 Å². The number of aromatic hydroxyl groups is 1. The Morgan fingerprint density at radius 1 is 1.13 bits per heavy atom. The van der Waals surface area contributed by atoms with Crippen molar-refractivity contribution in [2.75, 3.05) is 12.4 Å². The molecule has 0 atom stereocenters. The first-order valence-corrected chi connectivity index (χ1v) is 6.91. The van der Waals surface area contributed by atoms with E-state index in [1.54, 1.807) is 13.0 Å². The Morgan fingerprint density at radius 2 is 1.83 bits per heavy atom. The fraction of sp³-hybridized carbons (Fsp3) is 0.176. The number of rotatable bonds is 4. The lowest BCUT2D eigenvalue weighted by molar-refractivity contribution is 0.0597. The molecular formula is C17H17NO5. The number of hydrogen-bond acceptors (Lipinski definition) is 5. The smallest absolute Gasteiger partial charge is 0.412 e. The van der Waals surface area contributed by atoms with Gasteiger partial charge in [-0.1, -0.05) is 36.4 Å². The predicted molar refractivity (Wildman–Crippen MR) is 84.4 cm³/mol. The number of phenols is 1. The molecule has 0 saturated carbocycles. The zero-order valence-electron chi connectivity index (χ0n) is 12.8. The second kappa shape index (κ2) is 7.31. The number of anilines is 1. The van der Waals surface area contributed by atoms with Gasteiger partial charge in [0.15, 0.2) is 5.75 Å². The maximum atomic E-state index is 11.9. The minimum Gasteiger partial charge on any atom is -0.505 e. The van der Waals surface area contributed by atoms with Gasteiger partial charge in [0.2, 0.25) is 0 Å². The number of esters is 1. The van der Waals surface area contributed by atoms with Crippen LogP contribution in [0.1, 0.15) is 21.5 Å². The number of phenolic OH excluding ortho intramolecular Hbond substituents is 1. The zero-order chi connectivity index (χ0) is 16.8. The Hall–Kier alpha value is -3.02. The van der Waals surface area contributed by atoms with Crippen molar-refractivity contribution in [3.63, 3.8) is 0 Å². The van der Waals surface area contributed by atoms with Crippen LogP contribution in [-0.2, 0) is 16.1 Å². The van der Waals surface area contributed by atoms with Gasteiger partial charge in [0.1, 0.15) is 12.2 Å². The van der Waals surface area contributed by atoms with E-state index in [9.17, 15) is 14.7 Å². The molecule has 2 aromatic rings. The molecule has 0 radical (unpaired) electrons. The molecule has 120 valence electrons. The van der Waals surface area contributed by atoms with Crippen molar-refractivity contribution >= 4 is 17.7 Å². The molecule has 0 bridgehead atoms. The molecule has 0 aromatic heterocycles. The van der Waals surface area contributed by atoms with E-state index in [0.29, 0.717) is 5.56 Å². The third-order valence-electron chi connectivity index (χ3n) is 3.23. The molecule has 23 heavy (non-hydrogen) atoms. The van der Waals surface area contributed by atoms with E-state index in [0.717, 1.165) is 5.56 Å². The fourth-order valence-electron chi connectivity index (χ4n) is 1.99. The lowest BCUT2D eigenvalue weighted by Crippen LogP contribution is -2.15. The second-order valence-corrected chi connectivity index (χ2v) is 4.83. The van der Waals surface area contributed by atoms with Crippen molar-refractivity contribution < 1.29 is 24.2 Å². The molecule has 0 aliphatic heterocycles. The molecule has 0 heterocycles. The van der Waals surface area contributed by atoms with E-state index >= 15 is 0 Å². The van der Waals surface area contributed by atoms with Crippen molar-refractivity contribution in [3.8, 4) is 5.75 Å². The van der Waals surface area contributed by atoms with Crippen LogP contribution in [0.15, 0.2) is 42.5 Å². The van der Waals surface area contributed by atoms with Gasteiger partial charge >= 0.3 is 12.1 Å². The minimum absolute atomic E-state index is 0.0311.